The highest BCUT2D eigenvalue weighted by Crippen LogP contribution is 2.24. The molecule has 1 aromatic carbocycles. The molecule has 0 saturated heterocycles. The number of ether oxygens (including phenoxy) is 1. The van der Waals surface area contributed by atoms with Crippen molar-refractivity contribution in [2.45, 2.75) is 39.3 Å². The Hall–Kier alpha value is -0.913. The Kier molecular flexibility index (Phi) is 5.06. The summed E-state index contributed by atoms with van der Waals surface area (Å²) < 4.78 is 8.19. The van der Waals surface area contributed by atoms with Crippen LogP contribution in [0, 0.1) is 6.92 Å². The van der Waals surface area contributed by atoms with Crippen molar-refractivity contribution in [3.63, 3.8) is 0 Å². The third kappa shape index (κ3) is 4.05. The molecule has 0 bridgehead atoms. The second-order valence-electron chi connectivity index (χ2n) is 6.60. The number of nitrogens with zero attached hydrogens (tertiary/aromatic N) is 1. The van der Waals surface area contributed by atoms with E-state index in [1.807, 2.05) is 25.1 Å². The number of aryl methyl sites for hydroxylation is 1. The lowest BCUT2D eigenvalue weighted by Gasteiger charge is -2.16. The van der Waals surface area contributed by atoms with Gasteiger partial charge in [-0.1, -0.05) is 31.8 Å². The lowest BCUT2D eigenvalue weighted by atomic mass is 10.1. The second-order valence-corrected chi connectivity index (χ2v) is 13.0. The predicted molar refractivity (Wildman–Crippen MR) is 94.8 cm³/mol. The highest BCUT2D eigenvalue weighted by molar-refractivity contribution is 9.10. The lowest BCUT2D eigenvalue weighted by molar-refractivity contribution is 0.0851. The van der Waals surface area contributed by atoms with Gasteiger partial charge < -0.3 is 4.74 Å². The summed E-state index contributed by atoms with van der Waals surface area (Å²) in [6, 6.07) is 7.06. The van der Waals surface area contributed by atoms with E-state index in [0.717, 1.165) is 33.5 Å². The zero-order valence-electron chi connectivity index (χ0n) is 13.1. The quantitative estimate of drug-likeness (QED) is 0.579. The second kappa shape index (κ2) is 6.46. The highest BCUT2D eigenvalue weighted by atomic mass is 79.9. The van der Waals surface area contributed by atoms with Crippen molar-refractivity contribution >= 4 is 34.8 Å². The van der Waals surface area contributed by atoms with Crippen molar-refractivity contribution in [3.05, 3.63) is 44.8 Å². The maximum Gasteiger partial charge on any atom is 0.261 e. The van der Waals surface area contributed by atoms with E-state index in [4.69, 9.17) is 4.74 Å². The molecule has 0 aliphatic heterocycles. The molecule has 0 saturated carbocycles. The molecule has 5 heteroatoms. The minimum Gasteiger partial charge on any atom is -0.361 e. The number of halogens is 1. The molecule has 0 aliphatic carbocycles. The Labute approximate surface area is 135 Å². The van der Waals surface area contributed by atoms with Crippen LogP contribution < -0.4 is 5.56 Å². The summed E-state index contributed by atoms with van der Waals surface area (Å²) in [6.07, 6.45) is 1.81. The number of hydrogen-bond acceptors (Lipinski definition) is 2. The van der Waals surface area contributed by atoms with Crippen LogP contribution in [0.5, 0.6) is 0 Å². The van der Waals surface area contributed by atoms with E-state index >= 15 is 0 Å². The minimum atomic E-state index is -1.09. The average molecular weight is 368 g/mol. The predicted octanol–water partition coefficient (Wildman–Crippen LogP) is 4.38. The van der Waals surface area contributed by atoms with Crippen LogP contribution in [0.4, 0.5) is 0 Å². The minimum absolute atomic E-state index is 0.00363. The molecular formula is C16H22BrNO2Si. The van der Waals surface area contributed by atoms with E-state index in [0.29, 0.717) is 6.73 Å². The fourth-order valence-corrected chi connectivity index (χ4v) is 3.36. The highest BCUT2D eigenvalue weighted by Gasteiger charge is 2.12. The maximum absolute atomic E-state index is 12.6. The van der Waals surface area contributed by atoms with E-state index < -0.39 is 8.07 Å². The van der Waals surface area contributed by atoms with Gasteiger partial charge in [0, 0.05) is 25.4 Å². The summed E-state index contributed by atoms with van der Waals surface area (Å²) in [5.74, 6) is 0. The van der Waals surface area contributed by atoms with Gasteiger partial charge in [-0.2, -0.15) is 0 Å². The molecule has 2 aromatic rings. The van der Waals surface area contributed by atoms with Crippen LogP contribution in [-0.2, 0) is 11.5 Å². The van der Waals surface area contributed by atoms with Gasteiger partial charge in [0.05, 0.1) is 5.39 Å². The van der Waals surface area contributed by atoms with Gasteiger partial charge in [-0.25, -0.2) is 0 Å². The largest absolute Gasteiger partial charge is 0.361 e. The van der Waals surface area contributed by atoms with Crippen molar-refractivity contribution in [1.82, 2.24) is 4.57 Å². The first kappa shape index (κ1) is 16.5. The number of aromatic nitrogens is 1. The van der Waals surface area contributed by atoms with Crippen LogP contribution in [-0.4, -0.2) is 19.2 Å². The molecule has 0 spiro atoms. The molecule has 2 rings (SSSR count). The Morgan fingerprint density at radius 1 is 1.24 bits per heavy atom. The first-order valence-corrected chi connectivity index (χ1v) is 11.7. The molecule has 0 unspecified atom stereocenters. The smallest absolute Gasteiger partial charge is 0.261 e. The molecule has 0 N–H and O–H groups in total. The van der Waals surface area contributed by atoms with Gasteiger partial charge in [0.15, 0.2) is 0 Å². The van der Waals surface area contributed by atoms with Crippen LogP contribution in [0.1, 0.15) is 5.56 Å². The average Bonchev–Trinajstić information content (AvgIpc) is 2.39. The van der Waals surface area contributed by atoms with Crippen LogP contribution in [0.3, 0.4) is 0 Å². The Morgan fingerprint density at radius 3 is 2.62 bits per heavy atom. The molecule has 1 heterocycles. The van der Waals surface area contributed by atoms with Gasteiger partial charge in [0.2, 0.25) is 0 Å². The van der Waals surface area contributed by atoms with E-state index in [9.17, 15) is 4.79 Å². The summed E-state index contributed by atoms with van der Waals surface area (Å²) in [7, 11) is -1.09. The summed E-state index contributed by atoms with van der Waals surface area (Å²) in [5, 5.41) is 1.68. The normalized spacial score (nSPS) is 12.0. The van der Waals surface area contributed by atoms with E-state index in [1.54, 1.807) is 10.8 Å². The zero-order chi connectivity index (χ0) is 15.6. The van der Waals surface area contributed by atoms with Crippen molar-refractivity contribution < 1.29 is 4.74 Å². The van der Waals surface area contributed by atoms with Gasteiger partial charge in [0.1, 0.15) is 6.73 Å². The first-order valence-electron chi connectivity index (χ1n) is 7.15. The number of fused-ring (bicyclic) bond motifs is 1. The number of pyridine rings is 1. The molecule has 1 aromatic heterocycles. The van der Waals surface area contributed by atoms with Crippen molar-refractivity contribution in [1.29, 1.82) is 0 Å². The van der Waals surface area contributed by atoms with Gasteiger partial charge >= 0.3 is 0 Å². The van der Waals surface area contributed by atoms with E-state index in [1.165, 1.54) is 0 Å². The topological polar surface area (TPSA) is 31.2 Å². The summed E-state index contributed by atoms with van der Waals surface area (Å²) in [4.78, 5) is 12.6. The molecule has 0 aliphatic rings. The molecule has 0 fully saturated rings. The van der Waals surface area contributed by atoms with Gasteiger partial charge in [-0.05, 0) is 45.9 Å². The van der Waals surface area contributed by atoms with Gasteiger partial charge in [0.25, 0.3) is 5.56 Å². The standard InChI is InChI=1S/C16H22BrNO2Si/c1-12-5-6-13-7-8-18(16(19)14(13)15(12)17)11-20-9-10-21(2,3)4/h5-8H,9-11H2,1-4H3. The van der Waals surface area contributed by atoms with Crippen LogP contribution >= 0.6 is 15.9 Å². The monoisotopic (exact) mass is 367 g/mol. The zero-order valence-corrected chi connectivity index (χ0v) is 15.7. The molecule has 0 amide bonds. The summed E-state index contributed by atoms with van der Waals surface area (Å²) in [6.45, 7) is 9.98. The Balaban J connectivity index is 2.20. The van der Waals surface area contributed by atoms with Crippen LogP contribution in [0.15, 0.2) is 33.7 Å². The third-order valence-corrected chi connectivity index (χ3v) is 6.23. The van der Waals surface area contributed by atoms with E-state index in [2.05, 4.69) is 35.6 Å². The molecule has 114 valence electrons. The van der Waals surface area contributed by atoms with Gasteiger partial charge in [-0.3, -0.25) is 9.36 Å². The molecule has 0 radical (unpaired) electrons. The Bertz CT molecular complexity index is 704. The molecule has 21 heavy (non-hydrogen) atoms. The third-order valence-electron chi connectivity index (χ3n) is 3.50. The first-order chi connectivity index (χ1) is 9.79. The van der Waals surface area contributed by atoms with Gasteiger partial charge in [-0.15, -0.1) is 0 Å². The molecular weight excluding hydrogens is 346 g/mol. The SMILES string of the molecule is Cc1ccc2ccn(COCC[Si](C)(C)C)c(=O)c2c1Br. The van der Waals surface area contributed by atoms with Crippen LogP contribution in [0.2, 0.25) is 25.7 Å². The fraction of sp³-hybridized carbons (Fsp3) is 0.438. The lowest BCUT2D eigenvalue weighted by Crippen LogP contribution is -2.24. The summed E-state index contributed by atoms with van der Waals surface area (Å²) >= 11 is 3.53. The maximum atomic E-state index is 12.6. The molecule has 3 nitrogen and oxygen atoms in total. The Morgan fingerprint density at radius 2 is 1.95 bits per heavy atom. The van der Waals surface area contributed by atoms with Crippen LogP contribution in [0.25, 0.3) is 10.8 Å². The number of hydrogen-bond donors (Lipinski definition) is 0. The number of rotatable bonds is 5. The summed E-state index contributed by atoms with van der Waals surface area (Å²) in [5.41, 5.74) is 1.06. The molecule has 0 atom stereocenters. The number of benzene rings is 1. The van der Waals surface area contributed by atoms with Crippen molar-refractivity contribution in [2.75, 3.05) is 6.61 Å². The van der Waals surface area contributed by atoms with E-state index in [-0.39, 0.29) is 5.56 Å². The van der Waals surface area contributed by atoms with Crippen molar-refractivity contribution in [2.24, 2.45) is 0 Å². The van der Waals surface area contributed by atoms with Crippen molar-refractivity contribution in [3.8, 4) is 0 Å². The fourth-order valence-electron chi connectivity index (χ4n) is 2.08.